The zero-order valence-corrected chi connectivity index (χ0v) is 10.8. The molecular weight excluding hydrogens is 196 g/mol. The standard InChI is InChI=1S/C15H24O/c1-11-7-9-13(15(11,2)3)10-8-12-5-4-6-14(12)16/h7-8,13-14,16H,4-6,9-10H2,1-3H3. The van der Waals surface area contributed by atoms with Gasteiger partial charge in [0.25, 0.3) is 0 Å². The quantitative estimate of drug-likeness (QED) is 0.701. The van der Waals surface area contributed by atoms with Gasteiger partial charge in [0.05, 0.1) is 6.10 Å². The second-order valence-corrected chi connectivity index (χ2v) is 5.96. The second-order valence-electron chi connectivity index (χ2n) is 5.96. The molecule has 0 aromatic rings. The number of rotatable bonds is 2. The summed E-state index contributed by atoms with van der Waals surface area (Å²) in [6.07, 6.45) is 10.1. The Morgan fingerprint density at radius 2 is 2.25 bits per heavy atom. The van der Waals surface area contributed by atoms with Crippen molar-refractivity contribution in [2.45, 2.75) is 59.0 Å². The van der Waals surface area contributed by atoms with Crippen LogP contribution >= 0.6 is 0 Å². The highest BCUT2D eigenvalue weighted by atomic mass is 16.3. The molecule has 2 aliphatic rings. The van der Waals surface area contributed by atoms with Gasteiger partial charge in [-0.1, -0.05) is 31.6 Å². The Morgan fingerprint density at radius 3 is 2.75 bits per heavy atom. The van der Waals surface area contributed by atoms with Crippen molar-refractivity contribution in [1.29, 1.82) is 0 Å². The van der Waals surface area contributed by atoms with Gasteiger partial charge in [0, 0.05) is 0 Å². The molecule has 0 heterocycles. The molecule has 1 fully saturated rings. The molecule has 2 unspecified atom stereocenters. The van der Waals surface area contributed by atoms with Gasteiger partial charge in [0.1, 0.15) is 0 Å². The fourth-order valence-corrected chi connectivity index (χ4v) is 2.97. The number of hydrogen-bond acceptors (Lipinski definition) is 1. The first-order chi connectivity index (χ1) is 7.51. The van der Waals surface area contributed by atoms with E-state index in [0.29, 0.717) is 5.41 Å². The van der Waals surface area contributed by atoms with Gasteiger partial charge in [0.2, 0.25) is 0 Å². The number of aliphatic hydroxyl groups is 1. The van der Waals surface area contributed by atoms with Crippen LogP contribution in [0.15, 0.2) is 23.3 Å². The van der Waals surface area contributed by atoms with Gasteiger partial charge in [-0.3, -0.25) is 0 Å². The summed E-state index contributed by atoms with van der Waals surface area (Å²) in [5, 5.41) is 9.76. The Balaban J connectivity index is 1.97. The van der Waals surface area contributed by atoms with Gasteiger partial charge in [0.15, 0.2) is 0 Å². The summed E-state index contributed by atoms with van der Waals surface area (Å²) in [6, 6.07) is 0. The molecule has 90 valence electrons. The lowest BCUT2D eigenvalue weighted by molar-refractivity contribution is 0.216. The smallest absolute Gasteiger partial charge is 0.0750 e. The van der Waals surface area contributed by atoms with Crippen molar-refractivity contribution in [3.63, 3.8) is 0 Å². The molecule has 0 amide bonds. The Bertz CT molecular complexity index is 322. The highest BCUT2D eigenvalue weighted by molar-refractivity contribution is 5.20. The lowest BCUT2D eigenvalue weighted by Gasteiger charge is -2.29. The third-order valence-corrected chi connectivity index (χ3v) is 4.78. The summed E-state index contributed by atoms with van der Waals surface area (Å²) in [5.41, 5.74) is 3.17. The van der Waals surface area contributed by atoms with E-state index in [2.05, 4.69) is 32.9 Å². The van der Waals surface area contributed by atoms with E-state index >= 15 is 0 Å². The lowest BCUT2D eigenvalue weighted by atomic mass is 9.76. The van der Waals surface area contributed by atoms with Crippen molar-refractivity contribution in [2.75, 3.05) is 0 Å². The van der Waals surface area contributed by atoms with Gasteiger partial charge < -0.3 is 5.11 Å². The topological polar surface area (TPSA) is 20.2 Å². The molecule has 0 aromatic carbocycles. The maximum atomic E-state index is 9.76. The van der Waals surface area contributed by atoms with Crippen LogP contribution in [0, 0.1) is 11.3 Å². The van der Waals surface area contributed by atoms with E-state index in [0.717, 1.165) is 25.2 Å². The van der Waals surface area contributed by atoms with Crippen LogP contribution < -0.4 is 0 Å². The van der Waals surface area contributed by atoms with Crippen molar-refractivity contribution >= 4 is 0 Å². The number of aliphatic hydroxyl groups excluding tert-OH is 1. The minimum atomic E-state index is -0.140. The highest BCUT2D eigenvalue weighted by Crippen LogP contribution is 2.45. The molecule has 16 heavy (non-hydrogen) atoms. The van der Waals surface area contributed by atoms with E-state index in [4.69, 9.17) is 0 Å². The normalized spacial score (nSPS) is 35.8. The van der Waals surface area contributed by atoms with Gasteiger partial charge in [-0.05, 0) is 55.9 Å². The average molecular weight is 220 g/mol. The van der Waals surface area contributed by atoms with E-state index in [1.165, 1.54) is 24.0 Å². The molecular formula is C15H24O. The van der Waals surface area contributed by atoms with E-state index in [1.807, 2.05) is 0 Å². The molecule has 0 bridgehead atoms. The molecule has 0 aliphatic heterocycles. The molecule has 2 aliphatic carbocycles. The summed E-state index contributed by atoms with van der Waals surface area (Å²) >= 11 is 0. The summed E-state index contributed by atoms with van der Waals surface area (Å²) in [5.74, 6) is 0.729. The van der Waals surface area contributed by atoms with Gasteiger partial charge in [-0.2, -0.15) is 0 Å². The molecule has 1 N–H and O–H groups in total. The highest BCUT2D eigenvalue weighted by Gasteiger charge is 2.34. The third-order valence-electron chi connectivity index (χ3n) is 4.78. The lowest BCUT2D eigenvalue weighted by Crippen LogP contribution is -2.20. The molecule has 2 atom stereocenters. The van der Waals surface area contributed by atoms with Crippen LogP contribution in [0.25, 0.3) is 0 Å². The van der Waals surface area contributed by atoms with Crippen molar-refractivity contribution in [3.05, 3.63) is 23.3 Å². The van der Waals surface area contributed by atoms with Crippen LogP contribution in [0.5, 0.6) is 0 Å². The van der Waals surface area contributed by atoms with E-state index in [1.54, 1.807) is 0 Å². The van der Waals surface area contributed by atoms with Crippen LogP contribution in [0.2, 0.25) is 0 Å². The van der Waals surface area contributed by atoms with E-state index in [-0.39, 0.29) is 6.10 Å². The van der Waals surface area contributed by atoms with Gasteiger partial charge in [-0.15, -0.1) is 0 Å². The van der Waals surface area contributed by atoms with Crippen molar-refractivity contribution in [3.8, 4) is 0 Å². The molecule has 0 spiro atoms. The fraction of sp³-hybridized carbons (Fsp3) is 0.733. The third kappa shape index (κ3) is 2.10. The minimum absolute atomic E-state index is 0.140. The second kappa shape index (κ2) is 4.37. The maximum Gasteiger partial charge on any atom is 0.0750 e. The molecule has 0 radical (unpaired) electrons. The Morgan fingerprint density at radius 1 is 1.50 bits per heavy atom. The Kier molecular flexibility index (Phi) is 3.25. The number of hydrogen-bond donors (Lipinski definition) is 1. The summed E-state index contributed by atoms with van der Waals surface area (Å²) in [7, 11) is 0. The van der Waals surface area contributed by atoms with Crippen LogP contribution in [-0.4, -0.2) is 11.2 Å². The first-order valence-corrected chi connectivity index (χ1v) is 6.56. The summed E-state index contributed by atoms with van der Waals surface area (Å²) < 4.78 is 0. The Hall–Kier alpha value is -0.560. The maximum absolute atomic E-state index is 9.76. The fourth-order valence-electron chi connectivity index (χ4n) is 2.97. The predicted octanol–water partition coefficient (Wildman–Crippen LogP) is 3.84. The van der Waals surface area contributed by atoms with Crippen LogP contribution in [-0.2, 0) is 0 Å². The largest absolute Gasteiger partial charge is 0.389 e. The molecule has 1 nitrogen and oxygen atoms in total. The molecule has 1 heteroatoms. The van der Waals surface area contributed by atoms with Crippen LogP contribution in [0.3, 0.4) is 0 Å². The van der Waals surface area contributed by atoms with Crippen molar-refractivity contribution in [1.82, 2.24) is 0 Å². The zero-order valence-electron chi connectivity index (χ0n) is 10.8. The van der Waals surface area contributed by atoms with Crippen molar-refractivity contribution in [2.24, 2.45) is 11.3 Å². The predicted molar refractivity (Wildman–Crippen MR) is 68.2 cm³/mol. The SMILES string of the molecule is CC1=CCC(CC=C2CCCC2O)C1(C)C. The van der Waals surface area contributed by atoms with Crippen LogP contribution in [0.4, 0.5) is 0 Å². The number of allylic oxidation sites excluding steroid dienone is 3. The molecule has 2 rings (SSSR count). The van der Waals surface area contributed by atoms with E-state index < -0.39 is 0 Å². The Labute approximate surface area is 99.3 Å². The van der Waals surface area contributed by atoms with E-state index in [9.17, 15) is 5.11 Å². The monoisotopic (exact) mass is 220 g/mol. The van der Waals surface area contributed by atoms with Gasteiger partial charge >= 0.3 is 0 Å². The first-order valence-electron chi connectivity index (χ1n) is 6.56. The zero-order chi connectivity index (χ0) is 11.8. The van der Waals surface area contributed by atoms with Crippen molar-refractivity contribution < 1.29 is 5.11 Å². The van der Waals surface area contributed by atoms with Crippen LogP contribution in [0.1, 0.15) is 52.9 Å². The molecule has 0 aromatic heterocycles. The molecule has 1 saturated carbocycles. The first kappa shape index (κ1) is 11.9. The molecule has 0 saturated heterocycles. The minimum Gasteiger partial charge on any atom is -0.389 e. The summed E-state index contributed by atoms with van der Waals surface area (Å²) in [4.78, 5) is 0. The van der Waals surface area contributed by atoms with Gasteiger partial charge in [-0.25, -0.2) is 0 Å². The average Bonchev–Trinajstić information content (AvgIpc) is 2.72. The summed E-state index contributed by atoms with van der Waals surface area (Å²) in [6.45, 7) is 6.94.